The summed E-state index contributed by atoms with van der Waals surface area (Å²) in [4.78, 5) is 13.7. The highest BCUT2D eigenvalue weighted by Crippen LogP contribution is 2.23. The van der Waals surface area contributed by atoms with Crippen molar-refractivity contribution >= 4 is 6.09 Å². The van der Waals surface area contributed by atoms with Crippen LogP contribution in [0.15, 0.2) is 11.6 Å². The molecule has 0 bridgehead atoms. The largest absolute Gasteiger partial charge is 0.444 e. The van der Waals surface area contributed by atoms with Crippen LogP contribution in [-0.4, -0.2) is 35.7 Å². The minimum absolute atomic E-state index is 0.109. The van der Waals surface area contributed by atoms with Crippen LogP contribution in [0.5, 0.6) is 0 Å². The van der Waals surface area contributed by atoms with Crippen molar-refractivity contribution in [1.82, 2.24) is 10.3 Å². The first-order chi connectivity index (χ1) is 8.73. The van der Waals surface area contributed by atoms with Crippen molar-refractivity contribution in [1.29, 1.82) is 0 Å². The molecule has 19 heavy (non-hydrogen) atoms. The lowest BCUT2D eigenvalue weighted by molar-refractivity contribution is 0.0286. The first-order valence-corrected chi connectivity index (χ1v) is 6.82. The lowest BCUT2D eigenvalue weighted by atomic mass is 9.98. The van der Waals surface area contributed by atoms with Gasteiger partial charge in [0, 0.05) is 19.1 Å². The van der Waals surface area contributed by atoms with Gasteiger partial charge >= 0.3 is 6.09 Å². The Hall–Kier alpha value is -1.07. The number of likely N-dealkylation sites (tertiary alicyclic amines) is 1. The minimum Gasteiger partial charge on any atom is -0.444 e. The number of hydrogen-bond acceptors (Lipinski definition) is 4. The molecule has 0 aromatic heterocycles. The number of nitrogens with zero attached hydrogens (tertiary/aromatic N) is 1. The Labute approximate surface area is 116 Å². The van der Waals surface area contributed by atoms with Gasteiger partial charge in [0.05, 0.1) is 0 Å². The predicted molar refractivity (Wildman–Crippen MR) is 76.5 cm³/mol. The minimum atomic E-state index is -0.444. The molecule has 1 aliphatic rings. The van der Waals surface area contributed by atoms with Crippen LogP contribution in [0.25, 0.3) is 0 Å². The second-order valence-electron chi connectivity index (χ2n) is 6.41. The molecule has 0 aromatic rings. The SMILES string of the molecule is CC(C)=CC(NN)C1CCN(C(=O)OC(C)(C)C)C1. The Morgan fingerprint density at radius 1 is 1.47 bits per heavy atom. The van der Waals surface area contributed by atoms with E-state index in [4.69, 9.17) is 10.6 Å². The Balaban J connectivity index is 2.58. The fourth-order valence-electron chi connectivity index (χ4n) is 2.25. The zero-order valence-electron chi connectivity index (χ0n) is 12.7. The molecule has 0 spiro atoms. The quantitative estimate of drug-likeness (QED) is 0.467. The molecular formula is C14H27N3O2. The van der Waals surface area contributed by atoms with E-state index < -0.39 is 5.60 Å². The molecule has 0 aromatic carbocycles. The maximum Gasteiger partial charge on any atom is 0.410 e. The molecule has 0 aliphatic carbocycles. The van der Waals surface area contributed by atoms with Crippen molar-refractivity contribution in [3.8, 4) is 0 Å². The van der Waals surface area contributed by atoms with Crippen LogP contribution in [0.2, 0.25) is 0 Å². The summed E-state index contributed by atoms with van der Waals surface area (Å²) in [5.74, 6) is 5.94. The third kappa shape index (κ3) is 5.20. The summed E-state index contributed by atoms with van der Waals surface area (Å²) < 4.78 is 5.38. The van der Waals surface area contributed by atoms with E-state index in [9.17, 15) is 4.79 Å². The van der Waals surface area contributed by atoms with E-state index in [1.54, 1.807) is 4.90 Å². The van der Waals surface area contributed by atoms with E-state index in [2.05, 4.69) is 11.5 Å². The number of allylic oxidation sites excluding steroid dienone is 1. The molecule has 1 fully saturated rings. The van der Waals surface area contributed by atoms with Crippen molar-refractivity contribution < 1.29 is 9.53 Å². The predicted octanol–water partition coefficient (Wildman–Crippen LogP) is 2.04. The van der Waals surface area contributed by atoms with Crippen LogP contribution < -0.4 is 11.3 Å². The Morgan fingerprint density at radius 3 is 2.58 bits per heavy atom. The molecule has 2 unspecified atom stereocenters. The fourth-order valence-corrected chi connectivity index (χ4v) is 2.25. The number of amides is 1. The number of nitrogens with one attached hydrogen (secondary N) is 1. The number of carbonyl (C=O) groups excluding carboxylic acids is 1. The molecule has 2 atom stereocenters. The molecule has 1 saturated heterocycles. The summed E-state index contributed by atoms with van der Waals surface area (Å²) in [5, 5.41) is 0. The lowest BCUT2D eigenvalue weighted by Gasteiger charge is -2.25. The molecule has 1 heterocycles. The lowest BCUT2D eigenvalue weighted by Crippen LogP contribution is -2.42. The molecule has 1 aliphatic heterocycles. The molecule has 5 heteroatoms. The van der Waals surface area contributed by atoms with E-state index in [0.29, 0.717) is 12.5 Å². The zero-order chi connectivity index (χ0) is 14.6. The molecule has 0 radical (unpaired) electrons. The van der Waals surface area contributed by atoms with Gasteiger partial charge in [-0.05, 0) is 47.0 Å². The first-order valence-electron chi connectivity index (χ1n) is 6.82. The van der Waals surface area contributed by atoms with Gasteiger partial charge in [0.15, 0.2) is 0 Å². The number of rotatable bonds is 3. The average molecular weight is 269 g/mol. The van der Waals surface area contributed by atoms with Gasteiger partial charge in [0.1, 0.15) is 5.60 Å². The summed E-state index contributed by atoms with van der Waals surface area (Å²) in [6.07, 6.45) is 2.82. The van der Waals surface area contributed by atoms with Crippen molar-refractivity contribution in [2.75, 3.05) is 13.1 Å². The third-order valence-corrected chi connectivity index (χ3v) is 3.09. The van der Waals surface area contributed by atoms with E-state index in [-0.39, 0.29) is 12.1 Å². The van der Waals surface area contributed by atoms with Gasteiger partial charge in [-0.2, -0.15) is 0 Å². The van der Waals surface area contributed by atoms with Gasteiger partial charge in [-0.25, -0.2) is 4.79 Å². The number of nitrogens with two attached hydrogens (primary N) is 1. The van der Waals surface area contributed by atoms with Gasteiger partial charge in [-0.15, -0.1) is 0 Å². The van der Waals surface area contributed by atoms with Gasteiger partial charge in [0.25, 0.3) is 0 Å². The monoisotopic (exact) mass is 269 g/mol. The molecular weight excluding hydrogens is 242 g/mol. The number of hydrogen-bond donors (Lipinski definition) is 2. The van der Waals surface area contributed by atoms with Crippen LogP contribution in [0.4, 0.5) is 4.79 Å². The van der Waals surface area contributed by atoms with Gasteiger partial charge in [-0.1, -0.05) is 11.6 Å². The Morgan fingerprint density at radius 2 is 2.11 bits per heavy atom. The molecule has 1 amide bonds. The Kier molecular flexibility index (Phi) is 5.38. The summed E-state index contributed by atoms with van der Waals surface area (Å²) in [5.41, 5.74) is 3.61. The highest BCUT2D eigenvalue weighted by atomic mass is 16.6. The Bertz CT molecular complexity index is 343. The smallest absolute Gasteiger partial charge is 0.410 e. The summed E-state index contributed by atoms with van der Waals surface area (Å²) >= 11 is 0. The summed E-state index contributed by atoms with van der Waals surface area (Å²) in [7, 11) is 0. The standard InChI is InChI=1S/C14H27N3O2/c1-10(2)8-12(16-15)11-6-7-17(9-11)13(18)19-14(3,4)5/h8,11-12,16H,6-7,9,15H2,1-5H3. The number of ether oxygens (including phenoxy) is 1. The maximum atomic E-state index is 12.0. The van der Waals surface area contributed by atoms with Gasteiger partial charge in [0.2, 0.25) is 0 Å². The molecule has 0 saturated carbocycles. The van der Waals surface area contributed by atoms with E-state index in [0.717, 1.165) is 13.0 Å². The van der Waals surface area contributed by atoms with Crippen LogP contribution in [0.1, 0.15) is 41.0 Å². The highest BCUT2D eigenvalue weighted by molar-refractivity contribution is 5.68. The normalized spacial score (nSPS) is 21.2. The molecule has 110 valence electrons. The second kappa shape index (κ2) is 6.39. The second-order valence-corrected chi connectivity index (χ2v) is 6.41. The molecule has 1 rings (SSSR count). The van der Waals surface area contributed by atoms with Crippen molar-refractivity contribution in [3.63, 3.8) is 0 Å². The molecule has 5 nitrogen and oxygen atoms in total. The topological polar surface area (TPSA) is 67.6 Å². The maximum absolute atomic E-state index is 12.0. The van der Waals surface area contributed by atoms with Crippen LogP contribution in [0, 0.1) is 5.92 Å². The van der Waals surface area contributed by atoms with E-state index >= 15 is 0 Å². The molecule has 3 N–H and O–H groups in total. The van der Waals surface area contributed by atoms with Crippen molar-refractivity contribution in [2.45, 2.75) is 52.7 Å². The van der Waals surface area contributed by atoms with Crippen LogP contribution in [0.3, 0.4) is 0 Å². The van der Waals surface area contributed by atoms with Crippen LogP contribution >= 0.6 is 0 Å². The fraction of sp³-hybridized carbons (Fsp3) is 0.786. The van der Waals surface area contributed by atoms with E-state index in [1.807, 2.05) is 34.6 Å². The zero-order valence-corrected chi connectivity index (χ0v) is 12.7. The number of carbonyl (C=O) groups is 1. The average Bonchev–Trinajstić information content (AvgIpc) is 2.72. The van der Waals surface area contributed by atoms with Crippen LogP contribution in [-0.2, 0) is 4.74 Å². The van der Waals surface area contributed by atoms with Crippen molar-refractivity contribution in [2.24, 2.45) is 11.8 Å². The van der Waals surface area contributed by atoms with Gasteiger partial charge < -0.3 is 9.64 Å². The highest BCUT2D eigenvalue weighted by Gasteiger charge is 2.32. The number of hydrazine groups is 1. The summed E-state index contributed by atoms with van der Waals surface area (Å²) in [6, 6.07) is 0.109. The third-order valence-electron chi connectivity index (χ3n) is 3.09. The van der Waals surface area contributed by atoms with E-state index in [1.165, 1.54) is 5.57 Å². The summed E-state index contributed by atoms with van der Waals surface area (Å²) in [6.45, 7) is 11.2. The van der Waals surface area contributed by atoms with Gasteiger partial charge in [-0.3, -0.25) is 11.3 Å². The first kappa shape index (κ1) is 16.0. The van der Waals surface area contributed by atoms with Crippen molar-refractivity contribution in [3.05, 3.63) is 11.6 Å².